The Balaban J connectivity index is -0.000000373. The molecule has 0 bridgehead atoms. The van der Waals surface area contributed by atoms with Crippen LogP contribution < -0.4 is 69.3 Å². The van der Waals surface area contributed by atoms with Crippen LogP contribution >= 0.6 is 0 Å². The van der Waals surface area contributed by atoms with Crippen molar-refractivity contribution in [1.29, 1.82) is 0 Å². The van der Waals surface area contributed by atoms with Crippen LogP contribution in [-0.2, 0) is 9.59 Å². The van der Waals surface area contributed by atoms with Crippen LogP contribution in [0.25, 0.3) is 0 Å². The molecule has 0 aromatic carbocycles. The van der Waals surface area contributed by atoms with Gasteiger partial charge in [0.2, 0.25) is 0 Å². The second-order valence-corrected chi connectivity index (χ2v) is 13.6. The van der Waals surface area contributed by atoms with Gasteiger partial charge in [-0.1, -0.05) is 219 Å². The minimum Gasteiger partial charge on any atom is -0.550 e. The monoisotopic (exact) mass is 669 g/mol. The Hall–Kier alpha value is 0.940. The van der Waals surface area contributed by atoms with Crippen LogP contribution in [-0.4, -0.2) is 11.9 Å². The van der Waals surface area contributed by atoms with Gasteiger partial charge >= 0.3 is 59.1 Å². The van der Waals surface area contributed by atoms with Gasteiger partial charge in [0.25, 0.3) is 0 Å². The van der Waals surface area contributed by atoms with Crippen LogP contribution in [0.4, 0.5) is 0 Å². The van der Waals surface area contributed by atoms with E-state index in [1.807, 2.05) is 0 Å². The molecule has 0 unspecified atom stereocenters. The third-order valence-electron chi connectivity index (χ3n) is 8.97. The fourth-order valence-corrected chi connectivity index (χ4v) is 5.99. The number of unbranched alkanes of at least 4 members (excludes halogenated alkanes) is 32. The molecule has 0 aromatic heterocycles. The molecule has 0 saturated carbocycles. The van der Waals surface area contributed by atoms with Crippen molar-refractivity contribution < 1.29 is 78.9 Å². The third kappa shape index (κ3) is 57.2. The molecule has 264 valence electrons. The summed E-state index contributed by atoms with van der Waals surface area (Å²) < 4.78 is 0. The van der Waals surface area contributed by atoms with Gasteiger partial charge in [-0.15, -0.1) is 0 Å². The van der Waals surface area contributed by atoms with Crippen LogP contribution in [0.2, 0.25) is 0 Å². The average molecular weight is 669 g/mol. The van der Waals surface area contributed by atoms with Gasteiger partial charge in [-0.05, 0) is 25.7 Å². The minimum atomic E-state index is -0.903. The van der Waals surface area contributed by atoms with Gasteiger partial charge in [0.15, 0.2) is 0 Å². The summed E-state index contributed by atoms with van der Waals surface area (Å²) in [5.74, 6) is -1.80. The van der Waals surface area contributed by atoms with Crippen LogP contribution in [0.3, 0.4) is 0 Å². The van der Waals surface area contributed by atoms with Gasteiger partial charge in [0, 0.05) is 11.9 Å². The molecule has 0 fully saturated rings. The van der Waals surface area contributed by atoms with Crippen LogP contribution in [0.1, 0.15) is 245 Å². The second-order valence-electron chi connectivity index (χ2n) is 13.6. The van der Waals surface area contributed by atoms with Crippen LogP contribution in [0, 0.1) is 0 Å². The van der Waals surface area contributed by atoms with Crippen molar-refractivity contribution in [2.24, 2.45) is 0 Å². The Morgan fingerprint density at radius 2 is 0.413 bits per heavy atom. The van der Waals surface area contributed by atoms with Crippen molar-refractivity contribution in [2.45, 2.75) is 245 Å². The van der Waals surface area contributed by atoms with Gasteiger partial charge in [0.1, 0.15) is 0 Å². The van der Waals surface area contributed by atoms with Crippen molar-refractivity contribution in [3.05, 3.63) is 0 Å². The van der Waals surface area contributed by atoms with E-state index >= 15 is 0 Å². The molecule has 0 amide bonds. The summed E-state index contributed by atoms with van der Waals surface area (Å²) in [6.07, 6.45) is 45.6. The van der Waals surface area contributed by atoms with E-state index in [1.54, 1.807) is 0 Å². The van der Waals surface area contributed by atoms with Gasteiger partial charge in [-0.25, -0.2) is 0 Å². The van der Waals surface area contributed by atoms with E-state index < -0.39 is 11.9 Å². The summed E-state index contributed by atoms with van der Waals surface area (Å²) in [5.41, 5.74) is 0. The summed E-state index contributed by atoms with van der Waals surface area (Å²) in [5, 5.41) is 20.5. The van der Waals surface area contributed by atoms with E-state index in [4.69, 9.17) is 0 Å². The van der Waals surface area contributed by atoms with Crippen molar-refractivity contribution in [2.75, 3.05) is 0 Å². The number of carbonyl (C=O) groups is 2. The number of rotatable bonds is 36. The Bertz CT molecular complexity index is 559. The van der Waals surface area contributed by atoms with Crippen molar-refractivity contribution in [3.63, 3.8) is 0 Å². The molecule has 0 aromatic rings. The van der Waals surface area contributed by atoms with E-state index in [0.29, 0.717) is 0 Å². The number of carbonyl (C=O) groups excluding carboxylic acids is 2. The van der Waals surface area contributed by atoms with E-state index in [1.165, 1.54) is 193 Å². The van der Waals surface area contributed by atoms with Crippen LogP contribution in [0.15, 0.2) is 0 Å². The predicted molar refractivity (Wildman–Crippen MR) is 188 cm³/mol. The number of carboxylic acid groups (broad SMARTS) is 2. The Morgan fingerprint density at radius 1 is 0.283 bits per heavy atom. The third-order valence-corrected chi connectivity index (χ3v) is 8.97. The molecule has 6 heteroatoms. The summed E-state index contributed by atoms with van der Waals surface area (Å²) in [4.78, 5) is 20.5. The summed E-state index contributed by atoms with van der Waals surface area (Å²) in [6.45, 7) is 4.55. The van der Waals surface area contributed by atoms with Gasteiger partial charge in [0.05, 0.1) is 0 Å². The molecule has 0 N–H and O–H groups in total. The first kappa shape index (κ1) is 53.7. The number of aliphatic carboxylic acids is 2. The molecule has 0 heterocycles. The maximum absolute atomic E-state index is 10.3. The number of carboxylic acids is 2. The molecule has 46 heavy (non-hydrogen) atoms. The summed E-state index contributed by atoms with van der Waals surface area (Å²) in [7, 11) is 0. The van der Waals surface area contributed by atoms with Crippen molar-refractivity contribution >= 4 is 11.9 Å². The smallest absolute Gasteiger partial charge is 0.550 e. The maximum atomic E-state index is 10.3. The average Bonchev–Trinajstić information content (AvgIpc) is 3.00. The quantitative estimate of drug-likeness (QED) is 0.0647. The van der Waals surface area contributed by atoms with Gasteiger partial charge in [-0.2, -0.15) is 0 Å². The largest absolute Gasteiger partial charge is 1.00 e. The first-order chi connectivity index (χ1) is 21.5. The van der Waals surface area contributed by atoms with Gasteiger partial charge in [-0.3, -0.25) is 0 Å². The van der Waals surface area contributed by atoms with Crippen LogP contribution in [0.5, 0.6) is 0 Å². The Labute approximate surface area is 333 Å². The standard InChI is InChI=1S/C22H44O2.C18H36O2.2Na/c1-2-3-4-5-6-7-8-9-10-11-12-13-14-15-16-17-18-19-20-21-22(23)24;1-2-3-4-5-6-7-8-9-10-11-12-13-14-15-16-17-18(19)20;;/h2-21H2,1H3,(H,23,24);2-17H2,1H3,(H,19,20);;/q;;2*+1/p-2. The number of hydrogen-bond acceptors (Lipinski definition) is 4. The Kier molecular flexibility index (Phi) is 58.8. The molecule has 4 nitrogen and oxygen atoms in total. The summed E-state index contributed by atoms with van der Waals surface area (Å²) >= 11 is 0. The molecule has 0 aliphatic rings. The zero-order valence-electron chi connectivity index (χ0n) is 32.1. The SMILES string of the molecule is CCCCCCCCCCCCCCCCCC(=O)[O-].CCCCCCCCCCCCCCCCCCCCCC(=O)[O-].[Na+].[Na+]. The molecule has 0 aliphatic carbocycles. The predicted octanol–water partition coefficient (Wildman–Crippen LogP) is 5.56. The first-order valence-electron chi connectivity index (χ1n) is 19.9. The van der Waals surface area contributed by atoms with Crippen molar-refractivity contribution in [1.82, 2.24) is 0 Å². The van der Waals surface area contributed by atoms with Crippen molar-refractivity contribution in [3.8, 4) is 0 Å². The molecular formula is C40H78Na2O4. The second kappa shape index (κ2) is 50.3. The summed E-state index contributed by atoms with van der Waals surface area (Å²) in [6, 6.07) is 0. The fourth-order valence-electron chi connectivity index (χ4n) is 5.99. The minimum absolute atomic E-state index is 0. The molecule has 0 spiro atoms. The van der Waals surface area contributed by atoms with E-state index in [9.17, 15) is 19.8 Å². The zero-order valence-corrected chi connectivity index (χ0v) is 36.1. The Morgan fingerprint density at radius 3 is 0.543 bits per heavy atom. The molecule has 0 rings (SSSR count). The fraction of sp³-hybridized carbons (Fsp3) is 0.950. The topological polar surface area (TPSA) is 80.3 Å². The number of hydrogen-bond donors (Lipinski definition) is 0. The van der Waals surface area contributed by atoms with Gasteiger partial charge < -0.3 is 19.8 Å². The maximum Gasteiger partial charge on any atom is 1.00 e. The molecular weight excluding hydrogens is 590 g/mol. The van der Waals surface area contributed by atoms with E-state index in [2.05, 4.69) is 13.8 Å². The normalized spacial score (nSPS) is 10.5. The molecule has 0 atom stereocenters. The van der Waals surface area contributed by atoms with E-state index in [0.717, 1.165) is 25.7 Å². The zero-order chi connectivity index (χ0) is 32.6. The molecule has 0 radical (unpaired) electrons. The molecule has 0 saturated heterocycles. The first-order valence-corrected chi connectivity index (χ1v) is 19.9. The van der Waals surface area contributed by atoms with E-state index in [-0.39, 0.29) is 72.0 Å². The molecule has 0 aliphatic heterocycles.